The summed E-state index contributed by atoms with van der Waals surface area (Å²) in [5.41, 5.74) is -1.32. The molecule has 0 aliphatic heterocycles. The Morgan fingerprint density at radius 3 is 1.95 bits per heavy atom. The number of hydrogen-bond donors (Lipinski definition) is 2. The summed E-state index contributed by atoms with van der Waals surface area (Å²) in [6.07, 6.45) is -13.4. The monoisotopic (exact) mass is 295 g/mol. The van der Waals surface area contributed by atoms with Gasteiger partial charge in [0, 0.05) is 6.04 Å². The first kappa shape index (κ1) is 16.5. The molecule has 114 valence electrons. The van der Waals surface area contributed by atoms with Gasteiger partial charge in [0.15, 0.2) is 0 Å². The smallest absolute Gasteiger partial charge is 0.394 e. The summed E-state index contributed by atoms with van der Waals surface area (Å²) < 4.78 is 77.4. The van der Waals surface area contributed by atoms with Crippen LogP contribution in [-0.4, -0.2) is 48.4 Å². The number of halogens is 6. The van der Waals surface area contributed by atoms with Crippen LogP contribution in [0.25, 0.3) is 0 Å². The highest BCUT2D eigenvalue weighted by Crippen LogP contribution is 2.36. The number of ether oxygens (including phenoxy) is 1. The fourth-order valence-corrected chi connectivity index (χ4v) is 1.50. The molecule has 19 heavy (non-hydrogen) atoms. The highest BCUT2D eigenvalue weighted by Gasteiger charge is 2.58. The first-order valence-corrected chi connectivity index (χ1v) is 5.61. The van der Waals surface area contributed by atoms with Gasteiger partial charge in [-0.05, 0) is 19.8 Å². The van der Waals surface area contributed by atoms with E-state index in [9.17, 15) is 26.3 Å². The molecule has 0 heterocycles. The number of aliphatic hydroxyl groups excluding tert-OH is 1. The molecule has 1 rings (SSSR count). The second-order valence-corrected chi connectivity index (χ2v) is 4.91. The minimum absolute atomic E-state index is 0.0102. The van der Waals surface area contributed by atoms with E-state index in [-0.39, 0.29) is 6.04 Å². The standard InChI is InChI=1S/C10H15F6NO2/c1-8(4-18,17-6-2-3-6)5-19-7(9(11,12)13)10(14,15)16/h6-7,17-18H,2-5H2,1H3. The Bertz CT molecular complexity index is 287. The van der Waals surface area contributed by atoms with E-state index >= 15 is 0 Å². The first-order chi connectivity index (χ1) is 8.48. The van der Waals surface area contributed by atoms with E-state index in [1.54, 1.807) is 0 Å². The van der Waals surface area contributed by atoms with Crippen LogP contribution >= 0.6 is 0 Å². The lowest BCUT2D eigenvalue weighted by Gasteiger charge is -2.32. The minimum atomic E-state index is -5.53. The molecule has 2 N–H and O–H groups in total. The second-order valence-electron chi connectivity index (χ2n) is 4.91. The van der Waals surface area contributed by atoms with Crippen LogP contribution < -0.4 is 5.32 Å². The molecule has 1 unspecified atom stereocenters. The third kappa shape index (κ3) is 5.15. The minimum Gasteiger partial charge on any atom is -0.394 e. The highest BCUT2D eigenvalue weighted by atomic mass is 19.4. The van der Waals surface area contributed by atoms with Gasteiger partial charge in [0.1, 0.15) is 0 Å². The molecule has 1 fully saturated rings. The molecular weight excluding hydrogens is 280 g/mol. The summed E-state index contributed by atoms with van der Waals surface area (Å²) in [6.45, 7) is -0.190. The molecule has 0 aromatic heterocycles. The van der Waals surface area contributed by atoms with E-state index in [0.29, 0.717) is 0 Å². The van der Waals surface area contributed by atoms with Gasteiger partial charge >= 0.3 is 12.4 Å². The zero-order valence-electron chi connectivity index (χ0n) is 10.1. The number of hydrogen-bond acceptors (Lipinski definition) is 3. The molecule has 0 radical (unpaired) electrons. The van der Waals surface area contributed by atoms with Crippen molar-refractivity contribution in [3.8, 4) is 0 Å². The van der Waals surface area contributed by atoms with Crippen molar-refractivity contribution in [2.75, 3.05) is 13.2 Å². The van der Waals surface area contributed by atoms with Crippen molar-refractivity contribution in [2.24, 2.45) is 0 Å². The molecule has 1 aliphatic rings. The molecule has 1 atom stereocenters. The fourth-order valence-electron chi connectivity index (χ4n) is 1.50. The van der Waals surface area contributed by atoms with Gasteiger partial charge in [-0.3, -0.25) is 0 Å². The SMILES string of the molecule is CC(CO)(COC(C(F)(F)F)C(F)(F)F)NC1CC1. The molecule has 1 saturated carbocycles. The van der Waals surface area contributed by atoms with Crippen LogP contribution in [0.1, 0.15) is 19.8 Å². The fraction of sp³-hybridized carbons (Fsp3) is 1.00. The largest absolute Gasteiger partial charge is 0.423 e. The highest BCUT2D eigenvalue weighted by molar-refractivity contribution is 4.93. The maximum Gasteiger partial charge on any atom is 0.423 e. The number of nitrogens with one attached hydrogen (secondary N) is 1. The van der Waals surface area contributed by atoms with E-state index in [2.05, 4.69) is 10.1 Å². The zero-order chi connectivity index (χ0) is 14.9. The summed E-state index contributed by atoms with van der Waals surface area (Å²) in [4.78, 5) is 0. The van der Waals surface area contributed by atoms with Gasteiger partial charge in [-0.2, -0.15) is 26.3 Å². The van der Waals surface area contributed by atoms with E-state index in [0.717, 1.165) is 12.8 Å². The quantitative estimate of drug-likeness (QED) is 0.737. The molecule has 0 aromatic rings. The molecule has 3 nitrogen and oxygen atoms in total. The van der Waals surface area contributed by atoms with Crippen molar-refractivity contribution in [1.82, 2.24) is 5.32 Å². The van der Waals surface area contributed by atoms with Crippen LogP contribution in [-0.2, 0) is 4.74 Å². The van der Waals surface area contributed by atoms with Gasteiger partial charge in [-0.25, -0.2) is 0 Å². The topological polar surface area (TPSA) is 41.5 Å². The summed E-state index contributed by atoms with van der Waals surface area (Å²) in [6, 6.07) is 0.0102. The average molecular weight is 295 g/mol. The summed E-state index contributed by atoms with van der Waals surface area (Å²) in [5, 5.41) is 11.8. The lowest BCUT2D eigenvalue weighted by atomic mass is 10.1. The molecule has 0 saturated heterocycles. The Morgan fingerprint density at radius 2 is 1.63 bits per heavy atom. The van der Waals surface area contributed by atoms with Gasteiger partial charge in [0.2, 0.25) is 6.10 Å². The van der Waals surface area contributed by atoms with E-state index in [1.165, 1.54) is 6.92 Å². The van der Waals surface area contributed by atoms with Gasteiger partial charge < -0.3 is 15.2 Å². The Balaban J connectivity index is 2.63. The van der Waals surface area contributed by atoms with Crippen LogP contribution in [0.5, 0.6) is 0 Å². The molecule has 9 heteroatoms. The molecule has 0 bridgehead atoms. The Morgan fingerprint density at radius 1 is 1.16 bits per heavy atom. The van der Waals surface area contributed by atoms with Crippen LogP contribution in [0, 0.1) is 0 Å². The van der Waals surface area contributed by atoms with Crippen molar-refractivity contribution < 1.29 is 36.2 Å². The molecule has 0 aromatic carbocycles. The lowest BCUT2D eigenvalue weighted by molar-refractivity contribution is -0.324. The average Bonchev–Trinajstić information content (AvgIpc) is 2.97. The Kier molecular flexibility index (Phi) is 4.74. The Hall–Kier alpha value is -0.540. The van der Waals surface area contributed by atoms with Crippen LogP contribution in [0.2, 0.25) is 0 Å². The predicted molar refractivity (Wildman–Crippen MR) is 53.5 cm³/mol. The maximum atomic E-state index is 12.2. The lowest BCUT2D eigenvalue weighted by Crippen LogP contribution is -2.54. The second kappa shape index (κ2) is 5.45. The van der Waals surface area contributed by atoms with E-state index < -0.39 is 37.2 Å². The van der Waals surface area contributed by atoms with Crippen molar-refractivity contribution in [3.05, 3.63) is 0 Å². The molecule has 1 aliphatic carbocycles. The maximum absolute atomic E-state index is 12.2. The van der Waals surface area contributed by atoms with Gasteiger partial charge in [0.25, 0.3) is 0 Å². The summed E-state index contributed by atoms with van der Waals surface area (Å²) >= 11 is 0. The number of alkyl halides is 6. The summed E-state index contributed by atoms with van der Waals surface area (Å²) in [5.74, 6) is 0. The molecule has 0 amide bonds. The van der Waals surface area contributed by atoms with Crippen LogP contribution in [0.4, 0.5) is 26.3 Å². The third-order valence-electron chi connectivity index (χ3n) is 2.64. The number of rotatable bonds is 6. The summed E-state index contributed by atoms with van der Waals surface area (Å²) in [7, 11) is 0. The van der Waals surface area contributed by atoms with Crippen LogP contribution in [0.3, 0.4) is 0 Å². The zero-order valence-corrected chi connectivity index (χ0v) is 10.1. The van der Waals surface area contributed by atoms with Crippen molar-refractivity contribution >= 4 is 0 Å². The normalized spacial score (nSPS) is 20.7. The predicted octanol–water partition coefficient (Wildman–Crippen LogP) is 2.00. The molecular formula is C10H15F6NO2. The first-order valence-electron chi connectivity index (χ1n) is 5.61. The van der Waals surface area contributed by atoms with E-state index in [1.807, 2.05) is 0 Å². The van der Waals surface area contributed by atoms with Gasteiger partial charge in [-0.15, -0.1) is 0 Å². The van der Waals surface area contributed by atoms with E-state index in [4.69, 9.17) is 5.11 Å². The van der Waals surface area contributed by atoms with Crippen molar-refractivity contribution in [3.63, 3.8) is 0 Å². The van der Waals surface area contributed by atoms with Crippen molar-refractivity contribution in [2.45, 2.75) is 49.8 Å². The number of aliphatic hydroxyl groups is 1. The van der Waals surface area contributed by atoms with Gasteiger partial charge in [-0.1, -0.05) is 0 Å². The van der Waals surface area contributed by atoms with Gasteiger partial charge in [0.05, 0.1) is 18.8 Å². The third-order valence-corrected chi connectivity index (χ3v) is 2.64. The Labute approximate surface area is 105 Å². The van der Waals surface area contributed by atoms with Crippen molar-refractivity contribution in [1.29, 1.82) is 0 Å². The van der Waals surface area contributed by atoms with Crippen LogP contribution in [0.15, 0.2) is 0 Å². The molecule has 0 spiro atoms.